The summed E-state index contributed by atoms with van der Waals surface area (Å²) in [5.74, 6) is 0.863. The number of halogens is 1. The standard InChI is InChI=1S/C15H17NO2.ClH/c1-11(17)16-9-8-13-5-3-4-12-6-7-14(18-2)10-15(12)13;/h3-7,10H,8-9H2,1-2H3,(H,16,17);1H. The van der Waals surface area contributed by atoms with Crippen LogP contribution < -0.4 is 10.1 Å². The molecule has 0 bridgehead atoms. The van der Waals surface area contributed by atoms with Gasteiger partial charge in [-0.15, -0.1) is 12.4 Å². The van der Waals surface area contributed by atoms with Crippen LogP contribution in [-0.4, -0.2) is 19.6 Å². The van der Waals surface area contributed by atoms with Crippen molar-refractivity contribution < 1.29 is 9.53 Å². The van der Waals surface area contributed by atoms with Crippen molar-refractivity contribution >= 4 is 29.1 Å². The van der Waals surface area contributed by atoms with Crippen molar-refractivity contribution in [3.05, 3.63) is 42.0 Å². The third-order valence-electron chi connectivity index (χ3n) is 2.95. The smallest absolute Gasteiger partial charge is 0.216 e. The highest BCUT2D eigenvalue weighted by Gasteiger charge is 2.03. The molecule has 0 fully saturated rings. The van der Waals surface area contributed by atoms with Crippen molar-refractivity contribution in [1.29, 1.82) is 0 Å². The van der Waals surface area contributed by atoms with E-state index in [-0.39, 0.29) is 18.3 Å². The first-order valence-corrected chi connectivity index (χ1v) is 6.01. The van der Waals surface area contributed by atoms with E-state index in [1.165, 1.54) is 23.3 Å². The fourth-order valence-electron chi connectivity index (χ4n) is 2.03. The highest BCUT2D eigenvalue weighted by molar-refractivity contribution is 5.87. The first-order valence-electron chi connectivity index (χ1n) is 6.01. The Morgan fingerprint density at radius 2 is 2.05 bits per heavy atom. The molecule has 2 aromatic rings. The first kappa shape index (κ1) is 15.3. The van der Waals surface area contributed by atoms with Gasteiger partial charge in [-0.3, -0.25) is 4.79 Å². The second-order valence-corrected chi connectivity index (χ2v) is 4.24. The lowest BCUT2D eigenvalue weighted by Crippen LogP contribution is -2.22. The number of nitrogens with one attached hydrogen (secondary N) is 1. The van der Waals surface area contributed by atoms with E-state index in [9.17, 15) is 4.79 Å². The van der Waals surface area contributed by atoms with Gasteiger partial charge in [0.25, 0.3) is 0 Å². The van der Waals surface area contributed by atoms with Crippen LogP contribution in [-0.2, 0) is 11.2 Å². The van der Waals surface area contributed by atoms with Crippen molar-refractivity contribution in [3.8, 4) is 5.75 Å². The molecule has 1 N–H and O–H groups in total. The minimum absolute atomic E-state index is 0. The summed E-state index contributed by atoms with van der Waals surface area (Å²) in [6.07, 6.45) is 0.823. The minimum atomic E-state index is 0. The van der Waals surface area contributed by atoms with Gasteiger partial charge in [0.1, 0.15) is 5.75 Å². The van der Waals surface area contributed by atoms with Crippen molar-refractivity contribution in [2.24, 2.45) is 0 Å². The van der Waals surface area contributed by atoms with E-state index in [2.05, 4.69) is 23.5 Å². The largest absolute Gasteiger partial charge is 0.497 e. The molecule has 0 aromatic heterocycles. The maximum atomic E-state index is 10.9. The average molecular weight is 280 g/mol. The molecule has 2 rings (SSSR count). The molecule has 0 saturated heterocycles. The van der Waals surface area contributed by atoms with E-state index in [0.717, 1.165) is 12.2 Å². The van der Waals surface area contributed by atoms with Gasteiger partial charge >= 0.3 is 0 Å². The SMILES string of the molecule is COc1ccc2cccc(CCNC(C)=O)c2c1.Cl. The summed E-state index contributed by atoms with van der Waals surface area (Å²) in [5, 5.41) is 5.19. The molecule has 0 saturated carbocycles. The van der Waals surface area contributed by atoms with Crippen molar-refractivity contribution in [1.82, 2.24) is 5.32 Å². The molecule has 0 aliphatic heterocycles. The molecule has 3 nitrogen and oxygen atoms in total. The van der Waals surface area contributed by atoms with Crippen molar-refractivity contribution in [2.75, 3.05) is 13.7 Å². The molecule has 2 aromatic carbocycles. The van der Waals surface area contributed by atoms with Gasteiger partial charge in [0.15, 0.2) is 0 Å². The Balaban J connectivity index is 0.00000180. The molecule has 19 heavy (non-hydrogen) atoms. The molecule has 0 spiro atoms. The average Bonchev–Trinajstić information content (AvgIpc) is 2.38. The van der Waals surface area contributed by atoms with E-state index in [1.54, 1.807) is 7.11 Å². The van der Waals surface area contributed by atoms with E-state index in [4.69, 9.17) is 4.74 Å². The quantitative estimate of drug-likeness (QED) is 0.934. The van der Waals surface area contributed by atoms with Gasteiger partial charge in [0.2, 0.25) is 5.91 Å². The maximum Gasteiger partial charge on any atom is 0.216 e. The zero-order valence-electron chi connectivity index (χ0n) is 11.1. The monoisotopic (exact) mass is 279 g/mol. The van der Waals surface area contributed by atoms with Gasteiger partial charge in [-0.05, 0) is 34.9 Å². The molecule has 0 heterocycles. The summed E-state index contributed by atoms with van der Waals surface area (Å²) in [6.45, 7) is 2.19. The Morgan fingerprint density at radius 1 is 1.26 bits per heavy atom. The summed E-state index contributed by atoms with van der Waals surface area (Å²) in [6, 6.07) is 12.3. The predicted molar refractivity (Wildman–Crippen MR) is 80.1 cm³/mol. The van der Waals surface area contributed by atoms with E-state index in [1.807, 2.05) is 18.2 Å². The van der Waals surface area contributed by atoms with Crippen LogP contribution in [0.4, 0.5) is 0 Å². The van der Waals surface area contributed by atoms with Gasteiger partial charge < -0.3 is 10.1 Å². The Bertz CT molecular complexity index is 569. The van der Waals surface area contributed by atoms with Crippen LogP contribution in [0.15, 0.2) is 36.4 Å². The first-order chi connectivity index (χ1) is 8.70. The lowest BCUT2D eigenvalue weighted by molar-refractivity contribution is -0.118. The van der Waals surface area contributed by atoms with Crippen LogP contribution in [0.25, 0.3) is 10.8 Å². The number of ether oxygens (including phenoxy) is 1. The highest BCUT2D eigenvalue weighted by atomic mass is 35.5. The van der Waals surface area contributed by atoms with Crippen LogP contribution in [0.5, 0.6) is 5.75 Å². The Hall–Kier alpha value is -1.74. The summed E-state index contributed by atoms with van der Waals surface area (Å²) < 4.78 is 5.25. The number of amides is 1. The summed E-state index contributed by atoms with van der Waals surface area (Å²) >= 11 is 0. The van der Waals surface area contributed by atoms with Gasteiger partial charge in [0.05, 0.1) is 7.11 Å². The lowest BCUT2D eigenvalue weighted by atomic mass is 10.0. The molecule has 0 atom stereocenters. The maximum absolute atomic E-state index is 10.9. The van der Waals surface area contributed by atoms with Gasteiger partial charge in [-0.1, -0.05) is 24.3 Å². The number of carbonyl (C=O) groups excluding carboxylic acids is 1. The number of hydrogen-bond acceptors (Lipinski definition) is 2. The molecular formula is C15H18ClNO2. The number of carbonyl (C=O) groups is 1. The Morgan fingerprint density at radius 3 is 2.74 bits per heavy atom. The van der Waals surface area contributed by atoms with Crippen LogP contribution in [0.3, 0.4) is 0 Å². The van der Waals surface area contributed by atoms with Crippen LogP contribution in [0.1, 0.15) is 12.5 Å². The predicted octanol–water partition coefficient (Wildman–Crippen LogP) is 2.95. The summed E-state index contributed by atoms with van der Waals surface area (Å²) in [4.78, 5) is 10.9. The van der Waals surface area contributed by atoms with Crippen LogP contribution >= 0.6 is 12.4 Å². The molecule has 102 valence electrons. The van der Waals surface area contributed by atoms with E-state index >= 15 is 0 Å². The van der Waals surface area contributed by atoms with Crippen molar-refractivity contribution in [3.63, 3.8) is 0 Å². The van der Waals surface area contributed by atoms with E-state index in [0.29, 0.717) is 6.54 Å². The van der Waals surface area contributed by atoms with Crippen LogP contribution in [0.2, 0.25) is 0 Å². The number of rotatable bonds is 4. The number of methoxy groups -OCH3 is 1. The van der Waals surface area contributed by atoms with Crippen molar-refractivity contribution in [2.45, 2.75) is 13.3 Å². The van der Waals surface area contributed by atoms with Gasteiger partial charge in [-0.2, -0.15) is 0 Å². The molecule has 0 aliphatic rings. The van der Waals surface area contributed by atoms with E-state index < -0.39 is 0 Å². The molecule has 0 aliphatic carbocycles. The molecule has 1 amide bonds. The lowest BCUT2D eigenvalue weighted by Gasteiger charge is -2.08. The van der Waals surface area contributed by atoms with Gasteiger partial charge in [-0.25, -0.2) is 0 Å². The Labute approximate surface area is 119 Å². The molecule has 0 radical (unpaired) electrons. The van der Waals surface area contributed by atoms with Gasteiger partial charge in [0, 0.05) is 13.5 Å². The second-order valence-electron chi connectivity index (χ2n) is 4.24. The zero-order chi connectivity index (χ0) is 13.0. The second kappa shape index (κ2) is 7.00. The number of hydrogen-bond donors (Lipinski definition) is 1. The highest BCUT2D eigenvalue weighted by Crippen LogP contribution is 2.24. The number of fused-ring (bicyclic) bond motifs is 1. The normalized spacial score (nSPS) is 9.79. The third kappa shape index (κ3) is 3.86. The topological polar surface area (TPSA) is 38.3 Å². The number of benzene rings is 2. The Kier molecular flexibility index (Phi) is 5.64. The molecular weight excluding hydrogens is 262 g/mol. The summed E-state index contributed by atoms with van der Waals surface area (Å²) in [7, 11) is 1.67. The zero-order valence-corrected chi connectivity index (χ0v) is 11.9. The molecule has 0 unspecified atom stereocenters. The minimum Gasteiger partial charge on any atom is -0.497 e. The fraction of sp³-hybridized carbons (Fsp3) is 0.267. The summed E-state index contributed by atoms with van der Waals surface area (Å²) in [5.41, 5.74) is 1.22. The molecule has 4 heteroatoms. The third-order valence-corrected chi connectivity index (χ3v) is 2.95. The van der Waals surface area contributed by atoms with Crippen LogP contribution in [0, 0.1) is 0 Å². The fourth-order valence-corrected chi connectivity index (χ4v) is 2.03.